The summed E-state index contributed by atoms with van der Waals surface area (Å²) in [6.07, 6.45) is 4.29. The summed E-state index contributed by atoms with van der Waals surface area (Å²) in [6.45, 7) is 9.23. The molecule has 172 valence electrons. The van der Waals surface area contributed by atoms with Crippen LogP contribution >= 0.6 is 0 Å². The molecule has 1 saturated heterocycles. The quantitative estimate of drug-likeness (QED) is 0.735. The van der Waals surface area contributed by atoms with E-state index in [0.29, 0.717) is 31.0 Å². The van der Waals surface area contributed by atoms with E-state index in [0.717, 1.165) is 42.7 Å². The Morgan fingerprint density at radius 1 is 1.22 bits per heavy atom. The molecule has 1 unspecified atom stereocenters. The molecule has 7 nitrogen and oxygen atoms in total. The second-order valence-electron chi connectivity index (χ2n) is 9.59. The minimum atomic E-state index is -0.131. The molecule has 7 heteroatoms. The van der Waals surface area contributed by atoms with Crippen LogP contribution < -0.4 is 10.1 Å². The van der Waals surface area contributed by atoms with Gasteiger partial charge in [0, 0.05) is 30.1 Å². The van der Waals surface area contributed by atoms with Crippen LogP contribution in [0.3, 0.4) is 0 Å². The summed E-state index contributed by atoms with van der Waals surface area (Å²) in [5, 5.41) is 7.01. The van der Waals surface area contributed by atoms with Crippen LogP contribution in [0.5, 0.6) is 5.75 Å². The van der Waals surface area contributed by atoms with Crippen molar-refractivity contribution in [3.8, 4) is 5.75 Å². The van der Waals surface area contributed by atoms with Crippen molar-refractivity contribution in [3.05, 3.63) is 46.8 Å². The van der Waals surface area contributed by atoms with E-state index in [2.05, 4.69) is 10.5 Å². The lowest BCUT2D eigenvalue weighted by molar-refractivity contribution is -0.128. The Morgan fingerprint density at radius 2 is 1.91 bits per heavy atom. The molecule has 2 aromatic rings. The van der Waals surface area contributed by atoms with Crippen LogP contribution in [0.15, 0.2) is 28.8 Å². The van der Waals surface area contributed by atoms with E-state index in [9.17, 15) is 9.59 Å². The number of hydrogen-bond donors (Lipinski definition) is 1. The predicted octanol–water partition coefficient (Wildman–Crippen LogP) is 4.03. The van der Waals surface area contributed by atoms with Gasteiger partial charge >= 0.3 is 0 Å². The number of likely N-dealkylation sites (tertiary alicyclic amines) is 1. The topological polar surface area (TPSA) is 84.7 Å². The minimum absolute atomic E-state index is 0.0200. The standard InChI is InChI=1S/C25H33N3O4/c1-16(2)26-23(29)22-13-28(15-25(22)11-5-6-12-25)24(30)19-7-9-20(10-8-19)31-14-21-17(3)27-32-18(21)4/h7-10,16,22H,5-6,11-15H2,1-4H3,(H,26,29). The van der Waals surface area contributed by atoms with Crippen molar-refractivity contribution < 1.29 is 18.8 Å². The first kappa shape index (κ1) is 22.4. The van der Waals surface area contributed by atoms with Gasteiger partial charge in [-0.15, -0.1) is 0 Å². The third-order valence-corrected chi connectivity index (χ3v) is 6.95. The van der Waals surface area contributed by atoms with Gasteiger partial charge in [0.1, 0.15) is 18.1 Å². The van der Waals surface area contributed by atoms with Crippen molar-refractivity contribution in [3.63, 3.8) is 0 Å². The number of carbonyl (C=O) groups is 2. The number of nitrogens with one attached hydrogen (secondary N) is 1. The number of rotatable bonds is 6. The summed E-state index contributed by atoms with van der Waals surface area (Å²) in [7, 11) is 0. The summed E-state index contributed by atoms with van der Waals surface area (Å²) in [4.78, 5) is 28.0. The molecule has 2 fully saturated rings. The number of nitrogens with zero attached hydrogens (tertiary/aromatic N) is 2. The predicted molar refractivity (Wildman–Crippen MR) is 120 cm³/mol. The molecular formula is C25H33N3O4. The first-order chi connectivity index (χ1) is 15.3. The van der Waals surface area contributed by atoms with E-state index >= 15 is 0 Å². The molecule has 2 aliphatic rings. The van der Waals surface area contributed by atoms with Crippen molar-refractivity contribution in [1.82, 2.24) is 15.4 Å². The number of hydrogen-bond acceptors (Lipinski definition) is 5. The average molecular weight is 440 g/mol. The Morgan fingerprint density at radius 3 is 2.50 bits per heavy atom. The van der Waals surface area contributed by atoms with Gasteiger partial charge in [-0.2, -0.15) is 0 Å². The fourth-order valence-corrected chi connectivity index (χ4v) is 5.20. The molecule has 1 aromatic carbocycles. The van der Waals surface area contributed by atoms with Crippen LogP contribution in [-0.2, 0) is 11.4 Å². The zero-order chi connectivity index (χ0) is 22.9. The van der Waals surface area contributed by atoms with E-state index in [1.165, 1.54) is 0 Å². The first-order valence-corrected chi connectivity index (χ1v) is 11.5. The van der Waals surface area contributed by atoms with Gasteiger partial charge in [-0.3, -0.25) is 9.59 Å². The Bertz CT molecular complexity index is 954. The Balaban J connectivity index is 1.43. The van der Waals surface area contributed by atoms with Gasteiger partial charge in [-0.1, -0.05) is 18.0 Å². The third-order valence-electron chi connectivity index (χ3n) is 6.95. The van der Waals surface area contributed by atoms with Crippen LogP contribution in [0.2, 0.25) is 0 Å². The van der Waals surface area contributed by atoms with E-state index in [4.69, 9.17) is 9.26 Å². The number of aromatic nitrogens is 1. The highest BCUT2D eigenvalue weighted by molar-refractivity contribution is 5.95. The SMILES string of the molecule is Cc1noc(C)c1COc1ccc(C(=O)N2CC(C(=O)NC(C)C)C3(CCCC3)C2)cc1. The molecule has 1 saturated carbocycles. The fraction of sp³-hybridized carbons (Fsp3) is 0.560. The van der Waals surface area contributed by atoms with Gasteiger partial charge in [0.15, 0.2) is 0 Å². The monoisotopic (exact) mass is 439 g/mol. The maximum Gasteiger partial charge on any atom is 0.253 e. The number of carbonyl (C=O) groups excluding carboxylic acids is 2. The highest BCUT2D eigenvalue weighted by Crippen LogP contribution is 2.49. The van der Waals surface area contributed by atoms with Gasteiger partial charge in [0.05, 0.1) is 17.2 Å². The first-order valence-electron chi connectivity index (χ1n) is 11.5. The number of aryl methyl sites for hydroxylation is 2. The normalized spacial score (nSPS) is 19.7. The minimum Gasteiger partial charge on any atom is -0.489 e. The Labute approximate surface area is 189 Å². The second-order valence-corrected chi connectivity index (χ2v) is 9.59. The zero-order valence-electron chi connectivity index (χ0n) is 19.4. The molecule has 32 heavy (non-hydrogen) atoms. The number of amides is 2. The summed E-state index contributed by atoms with van der Waals surface area (Å²) in [5.41, 5.74) is 2.30. The van der Waals surface area contributed by atoms with Gasteiger partial charge in [0.2, 0.25) is 5.91 Å². The molecule has 2 heterocycles. The molecular weight excluding hydrogens is 406 g/mol. The van der Waals surface area contributed by atoms with E-state index in [1.54, 1.807) is 12.1 Å². The molecule has 1 N–H and O–H groups in total. The summed E-state index contributed by atoms with van der Waals surface area (Å²) < 4.78 is 11.0. The highest BCUT2D eigenvalue weighted by Gasteiger charge is 2.52. The fourth-order valence-electron chi connectivity index (χ4n) is 5.20. The van der Waals surface area contributed by atoms with Crippen molar-refractivity contribution in [2.75, 3.05) is 13.1 Å². The van der Waals surface area contributed by atoms with Crippen LogP contribution in [0, 0.1) is 25.2 Å². The van der Waals surface area contributed by atoms with E-state index < -0.39 is 0 Å². The van der Waals surface area contributed by atoms with Crippen molar-refractivity contribution in [1.29, 1.82) is 0 Å². The van der Waals surface area contributed by atoms with Crippen LogP contribution in [0.1, 0.15) is 66.9 Å². The lowest BCUT2D eigenvalue weighted by Crippen LogP contribution is -2.42. The van der Waals surface area contributed by atoms with Gasteiger partial charge in [-0.05, 0) is 64.8 Å². The zero-order valence-corrected chi connectivity index (χ0v) is 19.4. The van der Waals surface area contributed by atoms with Crippen LogP contribution in [-0.4, -0.2) is 41.0 Å². The molecule has 1 atom stereocenters. The molecule has 0 radical (unpaired) electrons. The maximum atomic E-state index is 13.3. The molecule has 2 amide bonds. The molecule has 4 rings (SSSR count). The van der Waals surface area contributed by atoms with Crippen LogP contribution in [0.25, 0.3) is 0 Å². The van der Waals surface area contributed by atoms with Gasteiger partial charge < -0.3 is 19.5 Å². The largest absolute Gasteiger partial charge is 0.489 e. The average Bonchev–Trinajstić information content (AvgIpc) is 3.47. The molecule has 1 aromatic heterocycles. The molecule has 1 aliphatic carbocycles. The summed E-state index contributed by atoms with van der Waals surface area (Å²) in [5.74, 6) is 1.37. The van der Waals surface area contributed by atoms with Gasteiger partial charge in [0.25, 0.3) is 5.91 Å². The summed E-state index contributed by atoms with van der Waals surface area (Å²) in [6, 6.07) is 7.33. The maximum absolute atomic E-state index is 13.3. The van der Waals surface area contributed by atoms with Crippen molar-refractivity contribution in [2.24, 2.45) is 11.3 Å². The van der Waals surface area contributed by atoms with Gasteiger partial charge in [-0.25, -0.2) is 0 Å². The lowest BCUT2D eigenvalue weighted by Gasteiger charge is -2.29. The summed E-state index contributed by atoms with van der Waals surface area (Å²) >= 11 is 0. The molecule has 1 spiro atoms. The highest BCUT2D eigenvalue weighted by atomic mass is 16.5. The second kappa shape index (κ2) is 8.96. The molecule has 1 aliphatic heterocycles. The van der Waals surface area contributed by atoms with E-state index in [-0.39, 0.29) is 29.2 Å². The Kier molecular flexibility index (Phi) is 6.26. The Hall–Kier alpha value is -2.83. The molecule has 0 bridgehead atoms. The van der Waals surface area contributed by atoms with Crippen molar-refractivity contribution >= 4 is 11.8 Å². The lowest BCUT2D eigenvalue weighted by atomic mass is 9.76. The third kappa shape index (κ3) is 4.38. The number of ether oxygens (including phenoxy) is 1. The van der Waals surface area contributed by atoms with E-state index in [1.807, 2.05) is 44.7 Å². The van der Waals surface area contributed by atoms with Crippen molar-refractivity contribution in [2.45, 2.75) is 66.0 Å². The smallest absolute Gasteiger partial charge is 0.253 e. The van der Waals surface area contributed by atoms with Crippen LogP contribution in [0.4, 0.5) is 0 Å². The number of benzene rings is 1.